The molecule has 7 heteroatoms. The van der Waals surface area contributed by atoms with Crippen LogP contribution in [0.4, 0.5) is 0 Å². The Kier molecular flexibility index (Phi) is 6.23. The Hall–Kier alpha value is -2.15. The van der Waals surface area contributed by atoms with E-state index in [4.69, 9.17) is 16.3 Å². The Morgan fingerprint density at radius 3 is 2.43 bits per heavy atom. The van der Waals surface area contributed by atoms with Crippen molar-refractivity contribution in [2.24, 2.45) is 5.92 Å². The molecule has 0 bridgehead atoms. The number of nitrogens with zero attached hydrogens (tertiary/aromatic N) is 2. The van der Waals surface area contributed by atoms with Gasteiger partial charge in [0.25, 0.3) is 0 Å². The van der Waals surface area contributed by atoms with E-state index in [9.17, 15) is 8.42 Å². The minimum atomic E-state index is -3.70. The van der Waals surface area contributed by atoms with Crippen LogP contribution in [0.5, 0.6) is 5.75 Å². The van der Waals surface area contributed by atoms with Crippen LogP contribution >= 0.6 is 11.6 Å². The van der Waals surface area contributed by atoms with E-state index in [1.54, 1.807) is 31.4 Å². The van der Waals surface area contributed by atoms with Crippen LogP contribution in [0.3, 0.4) is 0 Å². The van der Waals surface area contributed by atoms with Crippen LogP contribution in [0, 0.1) is 5.92 Å². The van der Waals surface area contributed by atoms with Gasteiger partial charge in [0.15, 0.2) is 0 Å². The maximum Gasteiger partial charge on any atom is 0.243 e. The molecule has 0 atom stereocenters. The second-order valence-corrected chi connectivity index (χ2v) is 9.29. The summed E-state index contributed by atoms with van der Waals surface area (Å²) in [5, 5.41) is 1.24. The van der Waals surface area contributed by atoms with Crippen LogP contribution in [0.15, 0.2) is 59.5 Å². The lowest BCUT2D eigenvalue weighted by molar-refractivity contribution is 0.362. The van der Waals surface area contributed by atoms with Crippen molar-refractivity contribution in [1.82, 2.24) is 9.29 Å². The Bertz CT molecular complexity index is 1070. The molecule has 0 radical (unpaired) electrons. The highest BCUT2D eigenvalue weighted by Gasteiger charge is 2.26. The van der Waals surface area contributed by atoms with E-state index in [1.807, 2.05) is 44.2 Å². The average molecular weight is 419 g/mol. The van der Waals surface area contributed by atoms with Crippen LogP contribution in [0.25, 0.3) is 10.9 Å². The van der Waals surface area contributed by atoms with Crippen molar-refractivity contribution in [3.63, 3.8) is 0 Å². The zero-order valence-electron chi connectivity index (χ0n) is 16.1. The van der Waals surface area contributed by atoms with E-state index in [1.165, 1.54) is 4.31 Å². The highest BCUT2D eigenvalue weighted by Crippen LogP contribution is 2.26. The van der Waals surface area contributed by atoms with E-state index in [-0.39, 0.29) is 17.4 Å². The molecular weight excluding hydrogens is 396 g/mol. The third-order valence-electron chi connectivity index (χ3n) is 4.36. The second kappa shape index (κ2) is 8.47. The molecule has 0 aliphatic carbocycles. The van der Waals surface area contributed by atoms with Crippen molar-refractivity contribution in [3.8, 4) is 5.75 Å². The van der Waals surface area contributed by atoms with Gasteiger partial charge in [0.2, 0.25) is 10.0 Å². The number of aromatic nitrogens is 1. The van der Waals surface area contributed by atoms with Crippen LogP contribution < -0.4 is 4.74 Å². The highest BCUT2D eigenvalue weighted by atomic mass is 35.5. The number of halogens is 1. The van der Waals surface area contributed by atoms with Crippen LogP contribution in [0.1, 0.15) is 19.4 Å². The third kappa shape index (κ3) is 4.46. The number of para-hydroxylation sites is 1. The number of ether oxygens (including phenoxy) is 1. The molecule has 1 aromatic heterocycles. The fourth-order valence-electron chi connectivity index (χ4n) is 2.99. The summed E-state index contributed by atoms with van der Waals surface area (Å²) < 4.78 is 33.1. The Labute approximate surface area is 171 Å². The first-order chi connectivity index (χ1) is 13.3. The highest BCUT2D eigenvalue weighted by molar-refractivity contribution is 7.89. The molecule has 0 saturated carbocycles. The number of hydrogen-bond donors (Lipinski definition) is 0. The summed E-state index contributed by atoms with van der Waals surface area (Å²) in [6.45, 7) is 4.49. The number of sulfonamides is 1. The molecule has 28 heavy (non-hydrogen) atoms. The minimum Gasteiger partial charge on any atom is -0.497 e. The molecule has 1 heterocycles. The normalized spacial score (nSPS) is 12.1. The number of rotatable bonds is 7. The number of fused-ring (bicyclic) bond motifs is 1. The van der Waals surface area contributed by atoms with Gasteiger partial charge in [0, 0.05) is 24.0 Å². The molecule has 3 aromatic rings. The molecule has 5 nitrogen and oxygen atoms in total. The molecular formula is C21H23ClN2O3S. The molecule has 0 saturated heterocycles. The van der Waals surface area contributed by atoms with Crippen molar-refractivity contribution in [1.29, 1.82) is 0 Å². The van der Waals surface area contributed by atoms with E-state index in [2.05, 4.69) is 4.98 Å². The van der Waals surface area contributed by atoms with Gasteiger partial charge in [0.05, 0.1) is 17.5 Å². The van der Waals surface area contributed by atoms with E-state index in [0.29, 0.717) is 23.0 Å². The minimum absolute atomic E-state index is 0.153. The van der Waals surface area contributed by atoms with Gasteiger partial charge in [-0.1, -0.05) is 43.6 Å². The van der Waals surface area contributed by atoms with Crippen molar-refractivity contribution < 1.29 is 13.2 Å². The first-order valence-electron chi connectivity index (χ1n) is 8.99. The van der Waals surface area contributed by atoms with Crippen LogP contribution in [-0.2, 0) is 16.6 Å². The van der Waals surface area contributed by atoms with Crippen molar-refractivity contribution in [3.05, 3.63) is 65.3 Å². The van der Waals surface area contributed by atoms with Gasteiger partial charge < -0.3 is 4.74 Å². The van der Waals surface area contributed by atoms with Gasteiger partial charge in [0.1, 0.15) is 10.9 Å². The van der Waals surface area contributed by atoms with E-state index in [0.717, 1.165) is 10.9 Å². The van der Waals surface area contributed by atoms with Gasteiger partial charge in [-0.25, -0.2) is 13.4 Å². The predicted octanol–water partition coefficient (Wildman–Crippen LogP) is 4.74. The molecule has 0 aliphatic heterocycles. The standard InChI is InChI=1S/C21H23ClN2O3S/c1-15(2)13-24(28(25,26)19-10-8-18(27-3)9-11-19)14-17-12-16-6-4-5-7-20(16)23-21(17)22/h4-12,15H,13-14H2,1-3H3. The fourth-order valence-corrected chi connectivity index (χ4v) is 4.78. The zero-order valence-corrected chi connectivity index (χ0v) is 17.7. The van der Waals surface area contributed by atoms with E-state index >= 15 is 0 Å². The number of benzene rings is 2. The van der Waals surface area contributed by atoms with Crippen molar-refractivity contribution in [2.45, 2.75) is 25.3 Å². The quantitative estimate of drug-likeness (QED) is 0.520. The number of hydrogen-bond acceptors (Lipinski definition) is 4. The van der Waals surface area contributed by atoms with Crippen molar-refractivity contribution >= 4 is 32.5 Å². The first kappa shape index (κ1) is 20.6. The molecule has 0 fully saturated rings. The number of pyridine rings is 1. The molecule has 2 aromatic carbocycles. The van der Waals surface area contributed by atoms with Crippen LogP contribution in [-0.4, -0.2) is 31.4 Å². The molecule has 0 unspecified atom stereocenters. The van der Waals surface area contributed by atoms with Gasteiger partial charge in [-0.05, 0) is 42.3 Å². The summed E-state index contributed by atoms with van der Waals surface area (Å²) in [6.07, 6.45) is 0. The van der Waals surface area contributed by atoms with Gasteiger partial charge >= 0.3 is 0 Å². The molecule has 148 valence electrons. The Balaban J connectivity index is 1.99. The molecule has 0 N–H and O–H groups in total. The second-order valence-electron chi connectivity index (χ2n) is 7.00. The van der Waals surface area contributed by atoms with Crippen LogP contribution in [0.2, 0.25) is 5.15 Å². The average Bonchev–Trinajstić information content (AvgIpc) is 2.67. The monoisotopic (exact) mass is 418 g/mol. The number of methoxy groups -OCH3 is 1. The van der Waals surface area contributed by atoms with Crippen molar-refractivity contribution in [2.75, 3.05) is 13.7 Å². The summed E-state index contributed by atoms with van der Waals surface area (Å²) in [4.78, 5) is 4.63. The third-order valence-corrected chi connectivity index (χ3v) is 6.52. The lowest BCUT2D eigenvalue weighted by atomic mass is 10.1. The summed E-state index contributed by atoms with van der Waals surface area (Å²) in [5.41, 5.74) is 1.46. The van der Waals surface area contributed by atoms with Gasteiger partial charge in [-0.2, -0.15) is 4.31 Å². The van der Waals surface area contributed by atoms with Gasteiger partial charge in [-0.15, -0.1) is 0 Å². The topological polar surface area (TPSA) is 59.5 Å². The summed E-state index contributed by atoms with van der Waals surface area (Å²) in [6, 6.07) is 15.9. The largest absolute Gasteiger partial charge is 0.497 e. The lowest BCUT2D eigenvalue weighted by Crippen LogP contribution is -2.34. The summed E-state index contributed by atoms with van der Waals surface area (Å²) in [7, 11) is -2.15. The Morgan fingerprint density at radius 1 is 1.11 bits per heavy atom. The summed E-state index contributed by atoms with van der Waals surface area (Å²) in [5.74, 6) is 0.761. The molecule has 0 aliphatic rings. The van der Waals surface area contributed by atoms with E-state index < -0.39 is 10.0 Å². The maximum absolute atomic E-state index is 13.3. The zero-order chi connectivity index (χ0) is 20.3. The molecule has 0 amide bonds. The predicted molar refractivity (Wildman–Crippen MR) is 112 cm³/mol. The fraction of sp³-hybridized carbons (Fsp3) is 0.286. The molecule has 0 spiro atoms. The molecule has 3 rings (SSSR count). The first-order valence-corrected chi connectivity index (χ1v) is 10.8. The Morgan fingerprint density at radius 2 is 1.79 bits per heavy atom. The smallest absolute Gasteiger partial charge is 0.243 e. The van der Waals surface area contributed by atoms with Gasteiger partial charge in [-0.3, -0.25) is 0 Å². The SMILES string of the molecule is COc1ccc(S(=O)(=O)N(Cc2cc3ccccc3nc2Cl)CC(C)C)cc1. The maximum atomic E-state index is 13.3. The summed E-state index contributed by atoms with van der Waals surface area (Å²) >= 11 is 6.37. The lowest BCUT2D eigenvalue weighted by Gasteiger charge is -2.24.